The van der Waals surface area contributed by atoms with Gasteiger partial charge in [-0.3, -0.25) is 9.88 Å². The van der Waals surface area contributed by atoms with Gasteiger partial charge in [-0.15, -0.1) is 0 Å². The summed E-state index contributed by atoms with van der Waals surface area (Å²) >= 11 is 6.24. The molecule has 1 saturated carbocycles. The number of pyridine rings is 1. The summed E-state index contributed by atoms with van der Waals surface area (Å²) in [5, 5.41) is 5.55. The zero-order valence-electron chi connectivity index (χ0n) is 12.2. The molecule has 3 nitrogen and oxygen atoms in total. The van der Waals surface area contributed by atoms with Gasteiger partial charge in [0, 0.05) is 41.9 Å². The van der Waals surface area contributed by atoms with Crippen molar-refractivity contribution < 1.29 is 0 Å². The van der Waals surface area contributed by atoms with Crippen LogP contribution < -0.4 is 5.32 Å². The van der Waals surface area contributed by atoms with Gasteiger partial charge in [-0.05, 0) is 50.5 Å². The van der Waals surface area contributed by atoms with Crippen LogP contribution in [0.3, 0.4) is 0 Å². The Morgan fingerprint density at radius 3 is 2.95 bits per heavy atom. The van der Waals surface area contributed by atoms with Crippen LogP contribution in [-0.4, -0.2) is 34.6 Å². The second-order valence-corrected chi connectivity index (χ2v) is 6.76. The number of hydrogen-bond acceptors (Lipinski definition) is 3. The highest BCUT2D eigenvalue weighted by atomic mass is 35.5. The van der Waals surface area contributed by atoms with Gasteiger partial charge in [-0.2, -0.15) is 0 Å². The van der Waals surface area contributed by atoms with Crippen molar-refractivity contribution >= 4 is 28.2 Å². The van der Waals surface area contributed by atoms with E-state index in [0.29, 0.717) is 12.1 Å². The van der Waals surface area contributed by atoms with E-state index in [4.69, 9.17) is 11.6 Å². The van der Waals surface area contributed by atoms with Crippen LogP contribution in [0.15, 0.2) is 30.5 Å². The first-order valence-electron chi connectivity index (χ1n) is 7.78. The minimum Gasteiger partial charge on any atom is -0.380 e. The predicted octanol–water partition coefficient (Wildman–Crippen LogP) is 3.93. The minimum absolute atomic E-state index is 0.519. The van der Waals surface area contributed by atoms with E-state index >= 15 is 0 Å². The lowest BCUT2D eigenvalue weighted by Gasteiger charge is -2.20. The maximum absolute atomic E-state index is 6.24. The van der Waals surface area contributed by atoms with Gasteiger partial charge >= 0.3 is 0 Å². The van der Waals surface area contributed by atoms with E-state index in [-0.39, 0.29) is 0 Å². The Kier molecular flexibility index (Phi) is 3.27. The highest BCUT2D eigenvalue weighted by Gasteiger charge is 2.38. The second-order valence-electron chi connectivity index (χ2n) is 6.35. The molecule has 0 radical (unpaired) electrons. The topological polar surface area (TPSA) is 28.2 Å². The molecule has 110 valence electrons. The molecule has 1 aromatic heterocycles. The number of rotatable bonds is 3. The molecule has 1 aromatic carbocycles. The van der Waals surface area contributed by atoms with E-state index in [1.54, 1.807) is 6.20 Å². The highest BCUT2D eigenvalue weighted by Crippen LogP contribution is 2.35. The summed E-state index contributed by atoms with van der Waals surface area (Å²) in [6.45, 7) is 3.50. The van der Waals surface area contributed by atoms with E-state index in [9.17, 15) is 0 Å². The highest BCUT2D eigenvalue weighted by molar-refractivity contribution is 6.35. The van der Waals surface area contributed by atoms with Crippen molar-refractivity contribution in [3.8, 4) is 0 Å². The maximum atomic E-state index is 6.24. The fourth-order valence-corrected chi connectivity index (χ4v) is 3.77. The summed E-state index contributed by atoms with van der Waals surface area (Å²) in [4.78, 5) is 7.06. The van der Waals surface area contributed by atoms with Crippen LogP contribution in [0, 0.1) is 0 Å². The van der Waals surface area contributed by atoms with Crippen LogP contribution in [0.4, 0.5) is 5.69 Å². The predicted molar refractivity (Wildman–Crippen MR) is 88.0 cm³/mol. The third kappa shape index (κ3) is 2.49. The van der Waals surface area contributed by atoms with Crippen LogP contribution in [0.1, 0.15) is 26.2 Å². The Morgan fingerprint density at radius 2 is 2.14 bits per heavy atom. The molecule has 4 heteroatoms. The van der Waals surface area contributed by atoms with Gasteiger partial charge in [-0.25, -0.2) is 0 Å². The number of fused-ring (bicyclic) bond motifs is 1. The van der Waals surface area contributed by atoms with Gasteiger partial charge in [0.25, 0.3) is 0 Å². The standard InChI is InChI=1S/C17H20ClN3/c1-11-9-12(10-21(11)13-4-5-13)20-16-7-6-15(18)17-14(16)3-2-8-19-17/h2-3,6-8,11-13,20H,4-5,9-10H2,1H3. The molecule has 2 atom stereocenters. The van der Waals surface area contributed by atoms with Crippen molar-refractivity contribution in [1.82, 2.24) is 9.88 Å². The molecular weight excluding hydrogens is 282 g/mol. The molecule has 0 amide bonds. The molecule has 1 aliphatic heterocycles. The van der Waals surface area contributed by atoms with Gasteiger partial charge in [0.2, 0.25) is 0 Å². The molecule has 4 rings (SSSR count). The quantitative estimate of drug-likeness (QED) is 0.931. The van der Waals surface area contributed by atoms with Crippen molar-refractivity contribution in [3.63, 3.8) is 0 Å². The van der Waals surface area contributed by atoms with Crippen molar-refractivity contribution in [3.05, 3.63) is 35.5 Å². The lowest BCUT2D eigenvalue weighted by Crippen LogP contribution is -2.31. The van der Waals surface area contributed by atoms with E-state index in [0.717, 1.165) is 34.2 Å². The molecule has 0 spiro atoms. The first-order chi connectivity index (χ1) is 10.2. The number of anilines is 1. The molecule has 2 aromatic rings. The number of benzene rings is 1. The van der Waals surface area contributed by atoms with Gasteiger partial charge in [0.05, 0.1) is 10.5 Å². The number of hydrogen-bond donors (Lipinski definition) is 1. The van der Waals surface area contributed by atoms with Gasteiger partial charge < -0.3 is 5.32 Å². The van der Waals surface area contributed by atoms with Gasteiger partial charge in [0.1, 0.15) is 0 Å². The molecule has 2 aliphatic rings. The minimum atomic E-state index is 0.519. The first kappa shape index (κ1) is 13.4. The third-order valence-corrected chi connectivity index (χ3v) is 5.02. The third-order valence-electron chi connectivity index (χ3n) is 4.72. The summed E-state index contributed by atoms with van der Waals surface area (Å²) in [6, 6.07) is 10.1. The lowest BCUT2D eigenvalue weighted by atomic mass is 10.1. The maximum Gasteiger partial charge on any atom is 0.0908 e. The first-order valence-corrected chi connectivity index (χ1v) is 8.15. The smallest absolute Gasteiger partial charge is 0.0908 e. The molecule has 1 aliphatic carbocycles. The van der Waals surface area contributed by atoms with E-state index in [2.05, 4.69) is 34.3 Å². The lowest BCUT2D eigenvalue weighted by molar-refractivity contribution is 0.257. The van der Waals surface area contributed by atoms with E-state index < -0.39 is 0 Å². The van der Waals surface area contributed by atoms with Crippen LogP contribution in [0.2, 0.25) is 5.02 Å². The van der Waals surface area contributed by atoms with E-state index in [1.165, 1.54) is 19.3 Å². The zero-order chi connectivity index (χ0) is 14.4. The zero-order valence-corrected chi connectivity index (χ0v) is 13.0. The molecule has 2 fully saturated rings. The summed E-state index contributed by atoms with van der Waals surface area (Å²) in [7, 11) is 0. The Bertz CT molecular complexity index is 668. The summed E-state index contributed by atoms with van der Waals surface area (Å²) in [5.41, 5.74) is 2.03. The number of nitrogens with one attached hydrogen (secondary N) is 1. The average molecular weight is 302 g/mol. The van der Waals surface area contributed by atoms with Crippen molar-refractivity contribution in [2.75, 3.05) is 11.9 Å². The normalized spacial score (nSPS) is 26.4. The molecular formula is C17H20ClN3. The van der Waals surface area contributed by atoms with Gasteiger partial charge in [-0.1, -0.05) is 11.6 Å². The number of halogens is 1. The van der Waals surface area contributed by atoms with Crippen LogP contribution in [-0.2, 0) is 0 Å². The summed E-state index contributed by atoms with van der Waals surface area (Å²) < 4.78 is 0. The summed E-state index contributed by atoms with van der Waals surface area (Å²) in [5.74, 6) is 0. The fraction of sp³-hybridized carbons (Fsp3) is 0.471. The average Bonchev–Trinajstić information content (AvgIpc) is 3.27. The van der Waals surface area contributed by atoms with Crippen LogP contribution >= 0.6 is 11.6 Å². The summed E-state index contributed by atoms with van der Waals surface area (Å²) in [6.07, 6.45) is 5.76. The van der Waals surface area contributed by atoms with Crippen LogP contribution in [0.5, 0.6) is 0 Å². The molecule has 1 N–H and O–H groups in total. The SMILES string of the molecule is CC1CC(Nc2ccc(Cl)c3ncccc23)CN1C1CC1. The Morgan fingerprint density at radius 1 is 1.29 bits per heavy atom. The number of likely N-dealkylation sites (tertiary alicyclic amines) is 1. The molecule has 2 heterocycles. The molecule has 0 bridgehead atoms. The molecule has 1 saturated heterocycles. The number of nitrogens with zero attached hydrogens (tertiary/aromatic N) is 2. The van der Waals surface area contributed by atoms with Crippen molar-refractivity contribution in [2.24, 2.45) is 0 Å². The number of aromatic nitrogens is 1. The van der Waals surface area contributed by atoms with Gasteiger partial charge in [0.15, 0.2) is 0 Å². The van der Waals surface area contributed by atoms with Crippen molar-refractivity contribution in [2.45, 2.75) is 44.3 Å². The Labute approximate surface area is 130 Å². The molecule has 2 unspecified atom stereocenters. The molecule has 21 heavy (non-hydrogen) atoms. The van der Waals surface area contributed by atoms with Crippen LogP contribution in [0.25, 0.3) is 10.9 Å². The van der Waals surface area contributed by atoms with E-state index in [1.807, 2.05) is 12.1 Å². The van der Waals surface area contributed by atoms with Crippen molar-refractivity contribution in [1.29, 1.82) is 0 Å². The largest absolute Gasteiger partial charge is 0.380 e. The monoisotopic (exact) mass is 301 g/mol. The Balaban J connectivity index is 1.59. The Hall–Kier alpha value is -1.32. The fourth-order valence-electron chi connectivity index (χ4n) is 3.56. The second kappa shape index (κ2) is 5.15.